The molecule has 0 bridgehead atoms. The minimum absolute atomic E-state index is 0. The predicted octanol–water partition coefficient (Wildman–Crippen LogP) is 2.17. The van der Waals surface area contributed by atoms with Crippen LogP contribution < -0.4 is 16.0 Å². The number of anilines is 1. The van der Waals surface area contributed by atoms with Gasteiger partial charge in [-0.2, -0.15) is 4.98 Å². The summed E-state index contributed by atoms with van der Waals surface area (Å²) in [5, 5.41) is 6.61. The third-order valence-electron chi connectivity index (χ3n) is 4.47. The van der Waals surface area contributed by atoms with Crippen molar-refractivity contribution in [2.24, 2.45) is 5.73 Å². The molecule has 1 saturated heterocycles. The molecule has 9 heteroatoms. The minimum atomic E-state index is -0.565. The van der Waals surface area contributed by atoms with E-state index in [-0.39, 0.29) is 29.9 Å². The van der Waals surface area contributed by atoms with Crippen LogP contribution in [0.2, 0.25) is 0 Å². The second kappa shape index (κ2) is 6.03. The van der Waals surface area contributed by atoms with Crippen LogP contribution in [0.1, 0.15) is 25.1 Å². The Bertz CT molecular complexity index is 777. The molecule has 1 aromatic carbocycles. The third-order valence-corrected chi connectivity index (χ3v) is 4.47. The molecule has 2 fully saturated rings. The molecule has 1 saturated carbocycles. The molecule has 0 unspecified atom stereocenters. The molecule has 0 radical (unpaired) electrons. The second-order valence-corrected chi connectivity index (χ2v) is 5.98. The summed E-state index contributed by atoms with van der Waals surface area (Å²) in [5.41, 5.74) is 6.35. The van der Waals surface area contributed by atoms with Crippen molar-refractivity contribution in [2.45, 2.75) is 24.8 Å². The van der Waals surface area contributed by atoms with Crippen LogP contribution in [0.25, 0.3) is 11.5 Å². The highest BCUT2D eigenvalue weighted by Gasteiger charge is 2.39. The van der Waals surface area contributed by atoms with E-state index in [9.17, 15) is 9.18 Å². The number of carbonyl (C=O) groups is 1. The van der Waals surface area contributed by atoms with Crippen LogP contribution in [0, 0.1) is 5.82 Å². The summed E-state index contributed by atoms with van der Waals surface area (Å²) >= 11 is 0. The van der Waals surface area contributed by atoms with Gasteiger partial charge in [0, 0.05) is 18.8 Å². The Morgan fingerprint density at radius 2 is 2.17 bits per heavy atom. The Morgan fingerprint density at radius 1 is 1.38 bits per heavy atom. The van der Waals surface area contributed by atoms with Gasteiger partial charge >= 0.3 is 6.03 Å². The summed E-state index contributed by atoms with van der Waals surface area (Å²) in [4.78, 5) is 17.5. The van der Waals surface area contributed by atoms with E-state index in [1.54, 1.807) is 12.1 Å². The lowest BCUT2D eigenvalue weighted by Gasteiger charge is -2.34. The first-order chi connectivity index (χ1) is 11.1. The first kappa shape index (κ1) is 16.7. The van der Waals surface area contributed by atoms with Gasteiger partial charge in [0.2, 0.25) is 0 Å². The summed E-state index contributed by atoms with van der Waals surface area (Å²) < 4.78 is 19.4. The van der Waals surface area contributed by atoms with Gasteiger partial charge in [0.05, 0.1) is 11.1 Å². The normalized spacial score (nSPS) is 18.8. The van der Waals surface area contributed by atoms with Crippen LogP contribution in [0.15, 0.2) is 22.7 Å². The van der Waals surface area contributed by atoms with Crippen molar-refractivity contribution in [3.63, 3.8) is 0 Å². The Morgan fingerprint density at radius 3 is 2.79 bits per heavy atom. The Labute approximate surface area is 143 Å². The van der Waals surface area contributed by atoms with Crippen molar-refractivity contribution < 1.29 is 13.7 Å². The van der Waals surface area contributed by atoms with Gasteiger partial charge in [-0.3, -0.25) is 4.90 Å². The molecule has 1 aliphatic carbocycles. The summed E-state index contributed by atoms with van der Waals surface area (Å²) in [7, 11) is 0. The lowest BCUT2D eigenvalue weighted by molar-refractivity contribution is 0.229. The molecule has 7 nitrogen and oxygen atoms in total. The molecule has 2 aliphatic rings. The molecule has 24 heavy (non-hydrogen) atoms. The molecule has 1 aliphatic heterocycles. The van der Waals surface area contributed by atoms with E-state index in [4.69, 9.17) is 10.3 Å². The van der Waals surface area contributed by atoms with Gasteiger partial charge < -0.3 is 15.6 Å². The molecule has 1 aromatic heterocycles. The number of nitrogens with zero attached hydrogens (tertiary/aromatic N) is 3. The van der Waals surface area contributed by atoms with Gasteiger partial charge in [0.15, 0.2) is 5.82 Å². The number of hydrogen-bond donors (Lipinski definition) is 2. The molecular weight excluding hydrogens is 337 g/mol. The van der Waals surface area contributed by atoms with Crippen LogP contribution in [-0.2, 0) is 5.54 Å². The summed E-state index contributed by atoms with van der Waals surface area (Å²) in [6, 6.07) is 4.18. The summed E-state index contributed by atoms with van der Waals surface area (Å²) in [5.74, 6) is 0.00128. The van der Waals surface area contributed by atoms with Crippen LogP contribution in [0.3, 0.4) is 0 Å². The molecule has 2 amide bonds. The van der Waals surface area contributed by atoms with Crippen molar-refractivity contribution in [3.8, 4) is 11.5 Å². The van der Waals surface area contributed by atoms with E-state index < -0.39 is 11.4 Å². The zero-order chi connectivity index (χ0) is 16.0. The lowest BCUT2D eigenvalue weighted by Crippen LogP contribution is -2.44. The van der Waals surface area contributed by atoms with Crippen LogP contribution in [0.5, 0.6) is 0 Å². The number of benzene rings is 1. The minimum Gasteiger partial charge on any atom is -0.336 e. The topological polar surface area (TPSA) is 97.3 Å². The Kier molecular flexibility index (Phi) is 4.18. The van der Waals surface area contributed by atoms with Crippen LogP contribution in [0.4, 0.5) is 14.9 Å². The number of halogens is 2. The van der Waals surface area contributed by atoms with Crippen molar-refractivity contribution in [1.82, 2.24) is 15.5 Å². The van der Waals surface area contributed by atoms with Gasteiger partial charge in [-0.1, -0.05) is 5.16 Å². The quantitative estimate of drug-likeness (QED) is 0.881. The highest BCUT2D eigenvalue weighted by Crippen LogP contribution is 2.38. The van der Waals surface area contributed by atoms with E-state index in [2.05, 4.69) is 15.5 Å². The fourth-order valence-corrected chi connectivity index (χ4v) is 2.88. The van der Waals surface area contributed by atoms with Crippen LogP contribution >= 0.6 is 12.4 Å². The van der Waals surface area contributed by atoms with Gasteiger partial charge in [0.1, 0.15) is 5.82 Å². The van der Waals surface area contributed by atoms with Gasteiger partial charge in [-0.25, -0.2) is 9.18 Å². The van der Waals surface area contributed by atoms with E-state index in [0.29, 0.717) is 24.6 Å². The molecule has 2 aromatic rings. The summed E-state index contributed by atoms with van der Waals surface area (Å²) in [6.45, 7) is 1.09. The van der Waals surface area contributed by atoms with E-state index in [0.717, 1.165) is 19.3 Å². The first-order valence-corrected chi connectivity index (χ1v) is 7.55. The standard InChI is InChI=1S/C15H16FN5O2.ClH/c16-11-3-2-9(21-7-6-18-14(21)22)8-10(11)12-19-13(20-23-12)15(17)4-1-5-15;/h2-3,8H,1,4-7,17H2,(H,18,22);1H. The van der Waals surface area contributed by atoms with Crippen LogP contribution in [-0.4, -0.2) is 29.3 Å². The maximum absolute atomic E-state index is 14.2. The number of urea groups is 1. The number of aromatic nitrogens is 2. The average Bonchev–Trinajstić information content (AvgIpc) is 3.15. The molecule has 2 heterocycles. The number of nitrogens with one attached hydrogen (secondary N) is 1. The Balaban J connectivity index is 0.00000169. The van der Waals surface area contributed by atoms with Gasteiger partial charge in [0.25, 0.3) is 5.89 Å². The fraction of sp³-hybridized carbons (Fsp3) is 0.400. The van der Waals surface area contributed by atoms with Gasteiger partial charge in [-0.15, -0.1) is 12.4 Å². The summed E-state index contributed by atoms with van der Waals surface area (Å²) in [6.07, 6.45) is 2.61. The van der Waals surface area contributed by atoms with Crippen molar-refractivity contribution >= 4 is 24.1 Å². The fourth-order valence-electron chi connectivity index (χ4n) is 2.88. The van der Waals surface area contributed by atoms with E-state index >= 15 is 0 Å². The monoisotopic (exact) mass is 353 g/mol. The molecule has 0 atom stereocenters. The molecule has 128 valence electrons. The smallest absolute Gasteiger partial charge is 0.321 e. The maximum atomic E-state index is 14.2. The highest BCUT2D eigenvalue weighted by atomic mass is 35.5. The number of nitrogens with two attached hydrogens (primary N) is 1. The molecule has 3 N–H and O–H groups in total. The number of hydrogen-bond acceptors (Lipinski definition) is 5. The predicted molar refractivity (Wildman–Crippen MR) is 87.4 cm³/mol. The maximum Gasteiger partial charge on any atom is 0.321 e. The zero-order valence-corrected chi connectivity index (χ0v) is 13.6. The SMILES string of the molecule is Cl.NC1(c2noc(-c3cc(N4CCNC4=O)ccc3F)n2)CCC1. The van der Waals surface area contributed by atoms with Gasteiger partial charge in [-0.05, 0) is 37.5 Å². The first-order valence-electron chi connectivity index (χ1n) is 7.55. The Hall–Kier alpha value is -2.19. The number of amides is 2. The largest absolute Gasteiger partial charge is 0.336 e. The molecular formula is C15H17ClFN5O2. The molecule has 4 rings (SSSR count). The van der Waals surface area contributed by atoms with E-state index in [1.165, 1.54) is 11.0 Å². The number of rotatable bonds is 3. The molecule has 0 spiro atoms. The average molecular weight is 354 g/mol. The van der Waals surface area contributed by atoms with E-state index in [1.807, 2.05) is 0 Å². The number of carbonyl (C=O) groups excluding carboxylic acids is 1. The van der Waals surface area contributed by atoms with Crippen molar-refractivity contribution in [1.29, 1.82) is 0 Å². The zero-order valence-electron chi connectivity index (χ0n) is 12.8. The second-order valence-electron chi connectivity index (χ2n) is 5.98. The third kappa shape index (κ3) is 2.61. The lowest BCUT2D eigenvalue weighted by atomic mass is 9.77. The van der Waals surface area contributed by atoms with Crippen molar-refractivity contribution in [2.75, 3.05) is 18.0 Å². The van der Waals surface area contributed by atoms with Crippen molar-refractivity contribution in [3.05, 3.63) is 29.8 Å². The highest BCUT2D eigenvalue weighted by molar-refractivity contribution is 5.94.